The molecule has 2 heterocycles. The number of fused-ring (bicyclic) bond motifs is 5. The maximum absolute atomic E-state index is 6.23. The Morgan fingerprint density at radius 1 is 0.281 bits per heavy atom. The number of hydrogen-bond acceptors (Lipinski definition) is 3. The SMILES string of the molecule is c1ccc(-c2cc(-c3cc(-c4ccc5oc6ccccc6c5c4)cc(-c4cccc5ccccc45)c3)nc(-c3cccc(-c4ccc5ccccc5c4)c3)n2)cc1. The number of hydrogen-bond donors (Lipinski definition) is 0. The molecule has 9 aromatic carbocycles. The number of rotatable bonds is 6. The maximum Gasteiger partial charge on any atom is 0.160 e. The molecule has 0 atom stereocenters. The molecule has 2 aromatic heterocycles. The van der Waals surface area contributed by atoms with Crippen LogP contribution in [0.3, 0.4) is 0 Å². The van der Waals surface area contributed by atoms with Crippen LogP contribution in [-0.4, -0.2) is 9.97 Å². The molecule has 11 rings (SSSR count). The third-order valence-corrected chi connectivity index (χ3v) is 11.0. The molecule has 3 heteroatoms. The zero-order valence-corrected chi connectivity index (χ0v) is 30.9. The molecule has 0 aliphatic heterocycles. The van der Waals surface area contributed by atoms with E-state index in [1.54, 1.807) is 0 Å². The predicted octanol–water partition coefficient (Wildman–Crippen LogP) is 14.7. The van der Waals surface area contributed by atoms with Crippen LogP contribution in [0.4, 0.5) is 0 Å². The number of aromatic nitrogens is 2. The summed E-state index contributed by atoms with van der Waals surface area (Å²) in [5.74, 6) is 0.678. The van der Waals surface area contributed by atoms with Gasteiger partial charge in [-0.25, -0.2) is 9.97 Å². The van der Waals surface area contributed by atoms with Gasteiger partial charge in [0.05, 0.1) is 11.4 Å². The Morgan fingerprint density at radius 2 is 0.860 bits per heavy atom. The van der Waals surface area contributed by atoms with Crippen LogP contribution in [0, 0.1) is 0 Å². The van der Waals surface area contributed by atoms with Gasteiger partial charge in [0.2, 0.25) is 0 Å². The van der Waals surface area contributed by atoms with Crippen molar-refractivity contribution in [2.75, 3.05) is 0 Å². The van der Waals surface area contributed by atoms with Gasteiger partial charge in [0.25, 0.3) is 0 Å². The lowest BCUT2D eigenvalue weighted by molar-refractivity contribution is 0.669. The van der Waals surface area contributed by atoms with Crippen molar-refractivity contribution in [3.05, 3.63) is 206 Å². The van der Waals surface area contributed by atoms with Crippen molar-refractivity contribution in [2.24, 2.45) is 0 Å². The largest absolute Gasteiger partial charge is 0.456 e. The van der Waals surface area contributed by atoms with E-state index in [1.807, 2.05) is 18.2 Å². The molecular weight excluding hydrogens is 693 g/mol. The summed E-state index contributed by atoms with van der Waals surface area (Å²) in [7, 11) is 0. The van der Waals surface area contributed by atoms with Crippen LogP contribution >= 0.6 is 0 Å². The molecule has 0 aliphatic rings. The monoisotopic (exact) mass is 726 g/mol. The smallest absolute Gasteiger partial charge is 0.160 e. The van der Waals surface area contributed by atoms with E-state index < -0.39 is 0 Å². The summed E-state index contributed by atoms with van der Waals surface area (Å²) in [6, 6.07) is 73.0. The first kappa shape index (κ1) is 32.8. The van der Waals surface area contributed by atoms with Crippen LogP contribution in [0.2, 0.25) is 0 Å². The zero-order valence-electron chi connectivity index (χ0n) is 30.9. The lowest BCUT2D eigenvalue weighted by Gasteiger charge is -2.15. The van der Waals surface area contributed by atoms with Gasteiger partial charge in [-0.15, -0.1) is 0 Å². The lowest BCUT2D eigenvalue weighted by Crippen LogP contribution is -1.97. The number of benzene rings is 9. The Hall–Kier alpha value is -7.62. The summed E-state index contributed by atoms with van der Waals surface area (Å²) in [6.45, 7) is 0. The highest BCUT2D eigenvalue weighted by molar-refractivity contribution is 6.06. The molecule has 57 heavy (non-hydrogen) atoms. The van der Waals surface area contributed by atoms with Gasteiger partial charge >= 0.3 is 0 Å². The molecule has 0 spiro atoms. The van der Waals surface area contributed by atoms with Gasteiger partial charge in [-0.3, -0.25) is 0 Å². The molecule has 0 saturated heterocycles. The fourth-order valence-electron chi connectivity index (χ4n) is 8.17. The second kappa shape index (κ2) is 13.6. The zero-order chi connectivity index (χ0) is 37.7. The Morgan fingerprint density at radius 3 is 1.75 bits per heavy atom. The quantitative estimate of drug-likeness (QED) is 0.171. The van der Waals surface area contributed by atoms with Crippen LogP contribution < -0.4 is 0 Å². The minimum atomic E-state index is 0.678. The second-order valence-electron chi connectivity index (χ2n) is 14.6. The first-order valence-corrected chi connectivity index (χ1v) is 19.3. The van der Waals surface area contributed by atoms with E-state index in [2.05, 4.69) is 188 Å². The highest BCUT2D eigenvalue weighted by Crippen LogP contribution is 2.39. The number of nitrogens with zero attached hydrogens (tertiary/aromatic N) is 2. The molecule has 0 N–H and O–H groups in total. The molecule has 0 saturated carbocycles. The van der Waals surface area contributed by atoms with Gasteiger partial charge < -0.3 is 4.42 Å². The molecule has 3 nitrogen and oxygen atoms in total. The van der Waals surface area contributed by atoms with E-state index in [1.165, 1.54) is 27.1 Å². The molecule has 0 aliphatic carbocycles. The minimum Gasteiger partial charge on any atom is -0.456 e. The Bertz CT molecular complexity index is 3300. The van der Waals surface area contributed by atoms with Gasteiger partial charge in [0.15, 0.2) is 5.82 Å². The molecule has 0 bridgehead atoms. The second-order valence-corrected chi connectivity index (χ2v) is 14.6. The van der Waals surface area contributed by atoms with Crippen molar-refractivity contribution in [1.82, 2.24) is 9.97 Å². The van der Waals surface area contributed by atoms with Crippen molar-refractivity contribution < 1.29 is 4.42 Å². The van der Waals surface area contributed by atoms with Crippen LogP contribution in [0.1, 0.15) is 0 Å². The molecule has 0 fully saturated rings. The van der Waals surface area contributed by atoms with E-state index >= 15 is 0 Å². The topological polar surface area (TPSA) is 38.9 Å². The van der Waals surface area contributed by atoms with Crippen molar-refractivity contribution >= 4 is 43.5 Å². The van der Waals surface area contributed by atoms with Crippen LogP contribution in [-0.2, 0) is 0 Å². The molecular formula is C54H34N2O. The standard InChI is InChI=1S/C54H34N2O/c1-2-14-37(15-3-1)50-34-51(56-54(55-50)42-19-10-18-39(29-42)40-25-24-35-12-4-5-16-38(35)28-40)45-31-43(30-44(32-45)47-22-11-17-36-13-6-7-20-46(36)47)41-26-27-53-49(33-41)48-21-8-9-23-52(48)57-53/h1-34H. The molecule has 0 unspecified atom stereocenters. The van der Waals surface area contributed by atoms with E-state index in [0.29, 0.717) is 5.82 Å². The molecule has 11 aromatic rings. The lowest BCUT2D eigenvalue weighted by atomic mass is 9.91. The van der Waals surface area contributed by atoms with E-state index in [4.69, 9.17) is 14.4 Å². The average molecular weight is 727 g/mol. The van der Waals surface area contributed by atoms with Crippen molar-refractivity contribution in [3.8, 4) is 67.3 Å². The fourth-order valence-corrected chi connectivity index (χ4v) is 8.17. The fraction of sp³-hybridized carbons (Fsp3) is 0. The van der Waals surface area contributed by atoms with E-state index in [9.17, 15) is 0 Å². The summed E-state index contributed by atoms with van der Waals surface area (Å²) in [5, 5.41) is 7.06. The number of para-hydroxylation sites is 1. The van der Waals surface area contributed by atoms with Crippen molar-refractivity contribution in [2.45, 2.75) is 0 Å². The van der Waals surface area contributed by atoms with Gasteiger partial charge in [-0.05, 0) is 110 Å². The number of furan rings is 1. The first-order chi connectivity index (χ1) is 28.2. The highest BCUT2D eigenvalue weighted by Gasteiger charge is 2.16. The van der Waals surface area contributed by atoms with Gasteiger partial charge in [-0.1, -0.05) is 152 Å². The van der Waals surface area contributed by atoms with Crippen LogP contribution in [0.5, 0.6) is 0 Å². The van der Waals surface area contributed by atoms with Gasteiger partial charge in [0.1, 0.15) is 11.2 Å². The van der Waals surface area contributed by atoms with Crippen molar-refractivity contribution in [3.63, 3.8) is 0 Å². The normalized spacial score (nSPS) is 11.5. The summed E-state index contributed by atoms with van der Waals surface area (Å²) >= 11 is 0. The first-order valence-electron chi connectivity index (χ1n) is 19.3. The summed E-state index contributed by atoms with van der Waals surface area (Å²) in [5.41, 5.74) is 13.3. The summed E-state index contributed by atoms with van der Waals surface area (Å²) in [6.07, 6.45) is 0. The third-order valence-electron chi connectivity index (χ3n) is 11.0. The maximum atomic E-state index is 6.23. The summed E-state index contributed by atoms with van der Waals surface area (Å²) in [4.78, 5) is 10.6. The Kier molecular flexibility index (Phi) is 7.82. The molecule has 266 valence electrons. The van der Waals surface area contributed by atoms with Gasteiger partial charge in [-0.2, -0.15) is 0 Å². The average Bonchev–Trinajstić information content (AvgIpc) is 3.67. The van der Waals surface area contributed by atoms with Crippen LogP contribution in [0.15, 0.2) is 211 Å². The third kappa shape index (κ3) is 6.03. The van der Waals surface area contributed by atoms with Gasteiger partial charge in [0, 0.05) is 27.5 Å². The summed E-state index contributed by atoms with van der Waals surface area (Å²) < 4.78 is 6.23. The Labute approximate surface area is 330 Å². The Balaban J connectivity index is 1.12. The van der Waals surface area contributed by atoms with Crippen LogP contribution in [0.25, 0.3) is 111 Å². The van der Waals surface area contributed by atoms with E-state index in [0.717, 1.165) is 77.8 Å². The minimum absolute atomic E-state index is 0.678. The van der Waals surface area contributed by atoms with Crippen molar-refractivity contribution in [1.29, 1.82) is 0 Å². The van der Waals surface area contributed by atoms with E-state index in [-0.39, 0.29) is 0 Å². The molecule has 0 radical (unpaired) electrons. The highest BCUT2D eigenvalue weighted by atomic mass is 16.3. The molecule has 0 amide bonds. The predicted molar refractivity (Wildman–Crippen MR) is 237 cm³/mol.